The van der Waals surface area contributed by atoms with Crippen LogP contribution in [0.15, 0.2) is 67.0 Å². The fraction of sp³-hybridized carbons (Fsp3) is 0.200. The number of benzene rings is 2. The molecule has 0 amide bonds. The first kappa shape index (κ1) is 14.7. The van der Waals surface area contributed by atoms with Gasteiger partial charge in [0, 0.05) is 24.3 Å². The second-order valence-corrected chi connectivity index (χ2v) is 6.20. The van der Waals surface area contributed by atoms with Crippen LogP contribution in [0.3, 0.4) is 0 Å². The lowest BCUT2D eigenvalue weighted by Crippen LogP contribution is -2.38. The van der Waals surface area contributed by atoms with Gasteiger partial charge in [0.15, 0.2) is 0 Å². The van der Waals surface area contributed by atoms with Gasteiger partial charge >= 0.3 is 0 Å². The third-order valence-electron chi connectivity index (χ3n) is 4.50. The number of nitrogens with zero attached hydrogens (tertiary/aromatic N) is 3. The second-order valence-electron chi connectivity index (χ2n) is 6.20. The van der Waals surface area contributed by atoms with Crippen LogP contribution in [0.1, 0.15) is 18.1 Å². The average molecular weight is 316 g/mol. The van der Waals surface area contributed by atoms with Crippen molar-refractivity contribution in [3.63, 3.8) is 0 Å². The van der Waals surface area contributed by atoms with E-state index < -0.39 is 0 Å². The minimum Gasteiger partial charge on any atom is -0.349 e. The molecular weight excluding hydrogens is 296 g/mol. The van der Waals surface area contributed by atoms with E-state index >= 15 is 0 Å². The Bertz CT molecular complexity index is 832. The van der Waals surface area contributed by atoms with Gasteiger partial charge in [0.25, 0.3) is 0 Å². The van der Waals surface area contributed by atoms with Crippen molar-refractivity contribution in [1.29, 1.82) is 0 Å². The van der Waals surface area contributed by atoms with Crippen LogP contribution in [0, 0.1) is 0 Å². The molecule has 0 fully saturated rings. The summed E-state index contributed by atoms with van der Waals surface area (Å²) in [6.07, 6.45) is 2.68. The van der Waals surface area contributed by atoms with Crippen LogP contribution in [0.4, 0.5) is 17.3 Å². The summed E-state index contributed by atoms with van der Waals surface area (Å²) >= 11 is 0. The van der Waals surface area contributed by atoms with Gasteiger partial charge in [0.05, 0.1) is 0 Å². The number of anilines is 3. The van der Waals surface area contributed by atoms with Crippen LogP contribution in [0.2, 0.25) is 0 Å². The molecule has 0 radical (unpaired) electrons. The van der Waals surface area contributed by atoms with Crippen LogP contribution >= 0.6 is 0 Å². The lowest BCUT2D eigenvalue weighted by molar-refractivity contribution is 0.586. The number of para-hydroxylation sites is 1. The molecule has 120 valence electrons. The van der Waals surface area contributed by atoms with Gasteiger partial charge < -0.3 is 10.2 Å². The van der Waals surface area contributed by atoms with E-state index in [0.717, 1.165) is 30.3 Å². The molecule has 4 rings (SSSR count). The monoisotopic (exact) mass is 316 g/mol. The summed E-state index contributed by atoms with van der Waals surface area (Å²) in [5.74, 6) is 1.78. The zero-order valence-corrected chi connectivity index (χ0v) is 13.7. The Kier molecular flexibility index (Phi) is 3.87. The molecule has 1 aromatic heterocycles. The third-order valence-corrected chi connectivity index (χ3v) is 4.50. The Morgan fingerprint density at radius 1 is 0.958 bits per heavy atom. The number of fused-ring (bicyclic) bond motifs is 1. The Labute approximate surface area is 142 Å². The maximum absolute atomic E-state index is 4.50. The minimum atomic E-state index is 0.416. The van der Waals surface area contributed by atoms with Gasteiger partial charge in [-0.3, -0.25) is 0 Å². The predicted octanol–water partition coefficient (Wildman–Crippen LogP) is 4.17. The van der Waals surface area contributed by atoms with Crippen molar-refractivity contribution in [2.45, 2.75) is 25.9 Å². The standard InChI is InChI=1S/C20H20N4/c1-15-11-16-7-5-6-8-17(16)13-24(15)20-12-19(21-14-22-20)23-18-9-3-2-4-10-18/h2-10,12,14-15H,11,13H2,1H3,(H,21,22,23)/t15-/m1/s1. The molecule has 0 unspecified atom stereocenters. The molecule has 0 bridgehead atoms. The number of hydrogen-bond donors (Lipinski definition) is 1. The molecule has 2 heterocycles. The highest BCUT2D eigenvalue weighted by Crippen LogP contribution is 2.28. The molecule has 1 atom stereocenters. The molecule has 0 aliphatic carbocycles. The van der Waals surface area contributed by atoms with E-state index in [0.29, 0.717) is 6.04 Å². The molecule has 1 N–H and O–H groups in total. The number of nitrogens with one attached hydrogen (secondary N) is 1. The zero-order chi connectivity index (χ0) is 16.4. The quantitative estimate of drug-likeness (QED) is 0.787. The molecular formula is C20H20N4. The summed E-state index contributed by atoms with van der Waals surface area (Å²) in [7, 11) is 0. The normalized spacial score (nSPS) is 16.5. The molecule has 2 aromatic carbocycles. The zero-order valence-electron chi connectivity index (χ0n) is 13.7. The third kappa shape index (κ3) is 2.95. The van der Waals surface area contributed by atoms with Gasteiger partial charge in [0.2, 0.25) is 0 Å². The number of hydrogen-bond acceptors (Lipinski definition) is 4. The first-order valence-corrected chi connectivity index (χ1v) is 8.27. The second kappa shape index (κ2) is 6.32. The molecule has 1 aliphatic heterocycles. The SMILES string of the molecule is C[C@@H]1Cc2ccccc2CN1c1cc(Nc2ccccc2)ncn1. The van der Waals surface area contributed by atoms with Crippen molar-refractivity contribution in [2.75, 3.05) is 10.2 Å². The number of aromatic nitrogens is 2. The van der Waals surface area contributed by atoms with Gasteiger partial charge in [-0.05, 0) is 36.6 Å². The first-order valence-electron chi connectivity index (χ1n) is 8.27. The summed E-state index contributed by atoms with van der Waals surface area (Å²) in [6.45, 7) is 3.14. The van der Waals surface area contributed by atoms with Crippen LogP contribution in [-0.2, 0) is 13.0 Å². The molecule has 1 aliphatic rings. The van der Waals surface area contributed by atoms with Crippen molar-refractivity contribution in [3.05, 3.63) is 78.1 Å². The molecule has 24 heavy (non-hydrogen) atoms. The first-order chi connectivity index (χ1) is 11.8. The van der Waals surface area contributed by atoms with Gasteiger partial charge in [-0.2, -0.15) is 0 Å². The largest absolute Gasteiger partial charge is 0.349 e. The highest BCUT2D eigenvalue weighted by atomic mass is 15.2. The van der Waals surface area contributed by atoms with Gasteiger partial charge in [-0.25, -0.2) is 9.97 Å². The van der Waals surface area contributed by atoms with E-state index in [1.807, 2.05) is 36.4 Å². The molecule has 0 saturated heterocycles. The summed E-state index contributed by atoms with van der Waals surface area (Å²) in [5, 5.41) is 3.34. The van der Waals surface area contributed by atoms with Crippen LogP contribution in [0.25, 0.3) is 0 Å². The van der Waals surface area contributed by atoms with Crippen molar-refractivity contribution in [2.24, 2.45) is 0 Å². The van der Waals surface area contributed by atoms with Crippen molar-refractivity contribution in [1.82, 2.24) is 9.97 Å². The lowest BCUT2D eigenvalue weighted by atomic mass is 9.95. The van der Waals surface area contributed by atoms with Crippen molar-refractivity contribution in [3.8, 4) is 0 Å². The Balaban J connectivity index is 1.59. The molecule has 4 heteroatoms. The topological polar surface area (TPSA) is 41.0 Å². The predicted molar refractivity (Wildman–Crippen MR) is 97.5 cm³/mol. The van der Waals surface area contributed by atoms with E-state index in [1.165, 1.54) is 11.1 Å². The summed E-state index contributed by atoms with van der Waals surface area (Å²) in [6, 6.07) is 21.2. The van der Waals surface area contributed by atoms with Crippen LogP contribution in [0.5, 0.6) is 0 Å². The molecule has 0 saturated carbocycles. The Hall–Kier alpha value is -2.88. The fourth-order valence-corrected chi connectivity index (χ4v) is 3.23. The van der Waals surface area contributed by atoms with E-state index in [-0.39, 0.29) is 0 Å². The van der Waals surface area contributed by atoms with E-state index in [1.54, 1.807) is 6.33 Å². The molecule has 4 nitrogen and oxygen atoms in total. The maximum atomic E-state index is 4.50. The van der Waals surface area contributed by atoms with Crippen LogP contribution < -0.4 is 10.2 Å². The fourth-order valence-electron chi connectivity index (χ4n) is 3.23. The summed E-state index contributed by atoms with van der Waals surface area (Å²) < 4.78 is 0. The lowest BCUT2D eigenvalue weighted by Gasteiger charge is -2.35. The smallest absolute Gasteiger partial charge is 0.135 e. The minimum absolute atomic E-state index is 0.416. The maximum Gasteiger partial charge on any atom is 0.135 e. The average Bonchev–Trinajstić information content (AvgIpc) is 2.62. The molecule has 0 spiro atoms. The van der Waals surface area contributed by atoms with E-state index in [2.05, 4.69) is 51.4 Å². The Morgan fingerprint density at radius 2 is 1.71 bits per heavy atom. The van der Waals surface area contributed by atoms with E-state index in [4.69, 9.17) is 0 Å². The van der Waals surface area contributed by atoms with Crippen LogP contribution in [-0.4, -0.2) is 16.0 Å². The highest BCUT2D eigenvalue weighted by molar-refractivity contribution is 5.59. The van der Waals surface area contributed by atoms with E-state index in [9.17, 15) is 0 Å². The van der Waals surface area contributed by atoms with Gasteiger partial charge in [-0.15, -0.1) is 0 Å². The van der Waals surface area contributed by atoms with Crippen molar-refractivity contribution >= 4 is 17.3 Å². The number of rotatable bonds is 3. The molecule has 3 aromatic rings. The highest BCUT2D eigenvalue weighted by Gasteiger charge is 2.23. The van der Waals surface area contributed by atoms with Gasteiger partial charge in [0.1, 0.15) is 18.0 Å². The summed E-state index contributed by atoms with van der Waals surface area (Å²) in [5.41, 5.74) is 3.85. The Morgan fingerprint density at radius 3 is 2.54 bits per heavy atom. The van der Waals surface area contributed by atoms with Gasteiger partial charge in [-0.1, -0.05) is 42.5 Å². The summed E-state index contributed by atoms with van der Waals surface area (Å²) in [4.78, 5) is 11.2. The van der Waals surface area contributed by atoms with Crippen molar-refractivity contribution < 1.29 is 0 Å².